The van der Waals surface area contributed by atoms with Gasteiger partial charge in [0.05, 0.1) is 13.2 Å². The zero-order chi connectivity index (χ0) is 20.2. The van der Waals surface area contributed by atoms with E-state index in [1.807, 2.05) is 30.3 Å². The molecule has 0 saturated carbocycles. The summed E-state index contributed by atoms with van der Waals surface area (Å²) >= 11 is 0. The lowest BCUT2D eigenvalue weighted by molar-refractivity contribution is 0.0784. The quantitative estimate of drug-likeness (QED) is 0.663. The fraction of sp³-hybridized carbons (Fsp3) is 0.304. The van der Waals surface area contributed by atoms with E-state index < -0.39 is 0 Å². The molecule has 0 aliphatic carbocycles. The number of hydrogen-bond acceptors (Lipinski definition) is 5. The van der Waals surface area contributed by atoms with Gasteiger partial charge in [-0.15, -0.1) is 0 Å². The SMILES string of the molecule is Cc1onc(-c2ccccc2)c1C(=O)N(C)Cc1ccc(N2CCOCC2)cc1. The minimum absolute atomic E-state index is 0.0974. The largest absolute Gasteiger partial charge is 0.378 e. The molecule has 1 aromatic heterocycles. The van der Waals surface area contributed by atoms with Crippen LogP contribution in [0.3, 0.4) is 0 Å². The highest BCUT2D eigenvalue weighted by molar-refractivity contribution is 6.00. The third kappa shape index (κ3) is 4.17. The van der Waals surface area contributed by atoms with Crippen molar-refractivity contribution in [2.75, 3.05) is 38.3 Å². The summed E-state index contributed by atoms with van der Waals surface area (Å²) < 4.78 is 10.8. The van der Waals surface area contributed by atoms with Gasteiger partial charge in [0.25, 0.3) is 5.91 Å². The van der Waals surface area contributed by atoms with Gasteiger partial charge in [0.15, 0.2) is 0 Å². The van der Waals surface area contributed by atoms with Crippen molar-refractivity contribution in [2.24, 2.45) is 0 Å². The number of anilines is 1. The van der Waals surface area contributed by atoms with Crippen molar-refractivity contribution in [3.63, 3.8) is 0 Å². The smallest absolute Gasteiger partial charge is 0.259 e. The summed E-state index contributed by atoms with van der Waals surface area (Å²) in [5, 5.41) is 4.12. The van der Waals surface area contributed by atoms with E-state index in [0.29, 0.717) is 23.6 Å². The lowest BCUT2D eigenvalue weighted by Gasteiger charge is -2.29. The lowest BCUT2D eigenvalue weighted by atomic mass is 10.0. The van der Waals surface area contributed by atoms with Crippen LogP contribution in [0.1, 0.15) is 21.7 Å². The van der Waals surface area contributed by atoms with Gasteiger partial charge in [-0.1, -0.05) is 47.6 Å². The number of benzene rings is 2. The zero-order valence-corrected chi connectivity index (χ0v) is 16.8. The molecule has 1 aliphatic rings. The third-order valence-corrected chi connectivity index (χ3v) is 5.20. The third-order valence-electron chi connectivity index (χ3n) is 5.20. The molecule has 0 unspecified atom stereocenters. The molecule has 0 N–H and O–H groups in total. The first-order valence-corrected chi connectivity index (χ1v) is 9.82. The number of amides is 1. The molecule has 0 atom stereocenters. The Morgan fingerprint density at radius 2 is 1.76 bits per heavy atom. The van der Waals surface area contributed by atoms with Crippen molar-refractivity contribution < 1.29 is 14.1 Å². The Balaban J connectivity index is 1.48. The van der Waals surface area contributed by atoms with Gasteiger partial charge in [-0.2, -0.15) is 0 Å². The zero-order valence-electron chi connectivity index (χ0n) is 16.8. The van der Waals surface area contributed by atoms with Crippen LogP contribution < -0.4 is 4.90 Å². The van der Waals surface area contributed by atoms with E-state index in [4.69, 9.17) is 9.26 Å². The van der Waals surface area contributed by atoms with E-state index >= 15 is 0 Å². The Bertz CT molecular complexity index is 961. The van der Waals surface area contributed by atoms with Gasteiger partial charge in [-0.05, 0) is 24.6 Å². The average Bonchev–Trinajstić information content (AvgIpc) is 3.16. The Hall–Kier alpha value is -3.12. The molecule has 1 fully saturated rings. The highest BCUT2D eigenvalue weighted by Gasteiger charge is 2.24. The number of aromatic nitrogens is 1. The van der Waals surface area contributed by atoms with Gasteiger partial charge in [-0.25, -0.2) is 0 Å². The summed E-state index contributed by atoms with van der Waals surface area (Å²) in [7, 11) is 1.80. The van der Waals surface area contributed by atoms with Gasteiger partial charge >= 0.3 is 0 Å². The predicted octanol–water partition coefficient (Wildman–Crippen LogP) is 3.76. The molecule has 1 saturated heterocycles. The maximum absolute atomic E-state index is 13.1. The van der Waals surface area contributed by atoms with Gasteiger partial charge in [0.2, 0.25) is 0 Å². The number of aryl methyl sites for hydroxylation is 1. The number of hydrogen-bond donors (Lipinski definition) is 0. The van der Waals surface area contributed by atoms with Gasteiger partial charge < -0.3 is 19.1 Å². The standard InChI is InChI=1S/C23H25N3O3/c1-17-21(22(24-29-17)19-6-4-3-5-7-19)23(27)25(2)16-18-8-10-20(11-9-18)26-12-14-28-15-13-26/h3-11H,12-16H2,1-2H3. The van der Waals surface area contributed by atoms with Crippen molar-refractivity contribution in [1.29, 1.82) is 0 Å². The van der Waals surface area contributed by atoms with Crippen molar-refractivity contribution >= 4 is 11.6 Å². The molecular formula is C23H25N3O3. The molecule has 150 valence electrons. The molecule has 2 heterocycles. The van der Waals surface area contributed by atoms with Crippen LogP contribution in [0.15, 0.2) is 59.1 Å². The van der Waals surface area contributed by atoms with E-state index in [0.717, 1.165) is 37.4 Å². The molecular weight excluding hydrogens is 366 g/mol. The molecule has 0 spiro atoms. The first kappa shape index (κ1) is 19.2. The highest BCUT2D eigenvalue weighted by Crippen LogP contribution is 2.26. The molecule has 3 aromatic rings. The second-order valence-corrected chi connectivity index (χ2v) is 7.26. The van der Waals surface area contributed by atoms with Gasteiger partial charge in [0, 0.05) is 37.9 Å². The van der Waals surface area contributed by atoms with Gasteiger partial charge in [0.1, 0.15) is 17.0 Å². The number of carbonyl (C=O) groups excluding carboxylic acids is 1. The highest BCUT2D eigenvalue weighted by atomic mass is 16.5. The molecule has 2 aromatic carbocycles. The van der Waals surface area contributed by atoms with E-state index in [9.17, 15) is 4.79 Å². The van der Waals surface area contributed by atoms with Gasteiger partial charge in [-0.3, -0.25) is 4.79 Å². The van der Waals surface area contributed by atoms with Crippen LogP contribution in [0.5, 0.6) is 0 Å². The van der Waals surface area contributed by atoms with E-state index in [2.05, 4.69) is 34.3 Å². The second-order valence-electron chi connectivity index (χ2n) is 7.26. The van der Waals surface area contributed by atoms with E-state index in [1.165, 1.54) is 5.69 Å². The molecule has 0 bridgehead atoms. The van der Waals surface area contributed by atoms with Crippen molar-refractivity contribution in [2.45, 2.75) is 13.5 Å². The molecule has 4 rings (SSSR count). The fourth-order valence-electron chi connectivity index (χ4n) is 3.59. The Morgan fingerprint density at radius 3 is 2.45 bits per heavy atom. The van der Waals surface area contributed by atoms with Crippen LogP contribution in [0, 0.1) is 6.92 Å². The molecule has 6 heteroatoms. The first-order valence-electron chi connectivity index (χ1n) is 9.82. The second kappa shape index (κ2) is 8.49. The fourth-order valence-corrected chi connectivity index (χ4v) is 3.59. The topological polar surface area (TPSA) is 58.8 Å². The lowest BCUT2D eigenvalue weighted by Crippen LogP contribution is -2.36. The van der Waals surface area contributed by atoms with Crippen LogP contribution in [0.25, 0.3) is 11.3 Å². The number of morpholine rings is 1. The average molecular weight is 391 g/mol. The van der Waals surface area contributed by atoms with Crippen LogP contribution in [0.2, 0.25) is 0 Å². The number of carbonyl (C=O) groups is 1. The summed E-state index contributed by atoms with van der Waals surface area (Å²) in [6.07, 6.45) is 0. The van der Waals surface area contributed by atoms with E-state index in [-0.39, 0.29) is 5.91 Å². The monoisotopic (exact) mass is 391 g/mol. The number of nitrogens with zero attached hydrogens (tertiary/aromatic N) is 3. The summed E-state index contributed by atoms with van der Waals surface area (Å²) in [4.78, 5) is 17.2. The number of ether oxygens (including phenoxy) is 1. The van der Waals surface area contributed by atoms with Crippen LogP contribution in [-0.4, -0.2) is 49.3 Å². The Morgan fingerprint density at radius 1 is 1.07 bits per heavy atom. The van der Waals surface area contributed by atoms with Crippen molar-refractivity contribution in [1.82, 2.24) is 10.1 Å². The first-order chi connectivity index (χ1) is 14.1. The normalized spacial score (nSPS) is 14.1. The van der Waals surface area contributed by atoms with Crippen LogP contribution >= 0.6 is 0 Å². The maximum atomic E-state index is 13.1. The molecule has 29 heavy (non-hydrogen) atoms. The summed E-state index contributed by atoms with van der Waals surface area (Å²) in [6, 6.07) is 18.0. The maximum Gasteiger partial charge on any atom is 0.259 e. The van der Waals surface area contributed by atoms with Crippen LogP contribution in [0.4, 0.5) is 5.69 Å². The summed E-state index contributed by atoms with van der Waals surface area (Å²) in [6.45, 7) is 5.64. The molecule has 1 amide bonds. The molecule has 6 nitrogen and oxygen atoms in total. The molecule has 1 aliphatic heterocycles. The molecule has 0 radical (unpaired) electrons. The Labute approximate surface area is 170 Å². The summed E-state index contributed by atoms with van der Waals surface area (Å²) in [5.41, 5.74) is 4.24. The Kier molecular flexibility index (Phi) is 5.62. The van der Waals surface area contributed by atoms with Crippen molar-refractivity contribution in [3.05, 3.63) is 71.5 Å². The predicted molar refractivity (Wildman–Crippen MR) is 112 cm³/mol. The minimum Gasteiger partial charge on any atom is -0.378 e. The van der Waals surface area contributed by atoms with E-state index in [1.54, 1.807) is 18.9 Å². The summed E-state index contributed by atoms with van der Waals surface area (Å²) in [5.74, 6) is 0.434. The van der Waals surface area contributed by atoms with Crippen LogP contribution in [-0.2, 0) is 11.3 Å². The minimum atomic E-state index is -0.0974. The number of rotatable bonds is 5. The van der Waals surface area contributed by atoms with Crippen molar-refractivity contribution in [3.8, 4) is 11.3 Å².